The Labute approximate surface area is 340 Å². The predicted octanol–water partition coefficient (Wildman–Crippen LogP) is 15.9. The van der Waals surface area contributed by atoms with E-state index in [0.29, 0.717) is 5.92 Å². The molecule has 1 aliphatic carbocycles. The third kappa shape index (κ3) is 5.96. The van der Waals surface area contributed by atoms with Gasteiger partial charge in [-0.3, -0.25) is 0 Å². The second-order valence-corrected chi connectivity index (χ2v) is 15.9. The molecule has 0 aliphatic heterocycles. The standard InChI is InChI=1S/C56H44N2/c1-3-16-41(17-4-1)48-25-13-19-42-20-14-26-52(56(42)48)50-24-10-11-27-53(50)57(46-33-31-40(32-34-46)44-30-29-39-15-7-8-18-43(39)37-44)47-35-36-51-49-23-9-12-28-54(49)58(55(51)38-47)45-21-5-2-6-22-45/h2,5-15,18-38,41H,1,3-4,16-17H2. The molecule has 0 spiro atoms. The van der Waals surface area contributed by atoms with Crippen molar-refractivity contribution in [2.45, 2.75) is 38.0 Å². The molecule has 0 unspecified atom stereocenters. The monoisotopic (exact) mass is 744 g/mol. The summed E-state index contributed by atoms with van der Waals surface area (Å²) in [4.78, 5) is 2.48. The van der Waals surface area contributed by atoms with Crippen LogP contribution >= 0.6 is 0 Å². The first-order valence-corrected chi connectivity index (χ1v) is 20.9. The van der Waals surface area contributed by atoms with Gasteiger partial charge in [0, 0.05) is 33.4 Å². The summed E-state index contributed by atoms with van der Waals surface area (Å²) in [7, 11) is 0. The van der Waals surface area contributed by atoms with Gasteiger partial charge < -0.3 is 9.47 Å². The number of para-hydroxylation sites is 3. The molecule has 278 valence electrons. The summed E-state index contributed by atoms with van der Waals surface area (Å²) in [6.45, 7) is 0. The van der Waals surface area contributed by atoms with Crippen molar-refractivity contribution < 1.29 is 0 Å². The first-order chi connectivity index (χ1) is 28.8. The second kappa shape index (κ2) is 14.6. The average Bonchev–Trinajstić information content (AvgIpc) is 3.63. The molecule has 58 heavy (non-hydrogen) atoms. The molecular weight excluding hydrogens is 701 g/mol. The largest absolute Gasteiger partial charge is 0.310 e. The molecule has 2 heteroatoms. The van der Waals surface area contributed by atoms with Gasteiger partial charge in [-0.1, -0.05) is 165 Å². The van der Waals surface area contributed by atoms with Crippen LogP contribution in [0.15, 0.2) is 200 Å². The Kier molecular flexibility index (Phi) is 8.62. The van der Waals surface area contributed by atoms with Gasteiger partial charge in [-0.2, -0.15) is 0 Å². The zero-order chi connectivity index (χ0) is 38.4. The van der Waals surface area contributed by atoms with E-state index >= 15 is 0 Å². The number of benzene rings is 9. The maximum absolute atomic E-state index is 2.48. The van der Waals surface area contributed by atoms with Gasteiger partial charge in [0.15, 0.2) is 0 Å². The van der Waals surface area contributed by atoms with Crippen molar-refractivity contribution in [1.29, 1.82) is 0 Å². The van der Waals surface area contributed by atoms with Crippen LogP contribution in [0.1, 0.15) is 43.6 Å². The number of hydrogen-bond donors (Lipinski definition) is 0. The van der Waals surface area contributed by atoms with Crippen molar-refractivity contribution in [2.75, 3.05) is 4.90 Å². The summed E-state index contributed by atoms with van der Waals surface area (Å²) in [5.74, 6) is 0.590. The quantitative estimate of drug-likeness (QED) is 0.158. The second-order valence-electron chi connectivity index (χ2n) is 15.9. The van der Waals surface area contributed by atoms with E-state index in [2.05, 4.69) is 210 Å². The number of anilines is 3. The van der Waals surface area contributed by atoms with Gasteiger partial charge >= 0.3 is 0 Å². The van der Waals surface area contributed by atoms with E-state index < -0.39 is 0 Å². The van der Waals surface area contributed by atoms with E-state index in [1.165, 1.54) is 103 Å². The smallest absolute Gasteiger partial charge is 0.0561 e. The van der Waals surface area contributed by atoms with Crippen LogP contribution in [-0.4, -0.2) is 4.57 Å². The lowest BCUT2D eigenvalue weighted by Crippen LogP contribution is -2.12. The average molecular weight is 745 g/mol. The Morgan fingerprint density at radius 2 is 1.07 bits per heavy atom. The van der Waals surface area contributed by atoms with Crippen LogP contribution in [0.2, 0.25) is 0 Å². The molecule has 0 saturated heterocycles. The molecule has 11 rings (SSSR count). The maximum Gasteiger partial charge on any atom is 0.0561 e. The summed E-state index contributed by atoms with van der Waals surface area (Å²) < 4.78 is 2.42. The number of aromatic nitrogens is 1. The zero-order valence-electron chi connectivity index (χ0n) is 32.6. The van der Waals surface area contributed by atoms with E-state index in [9.17, 15) is 0 Å². The number of nitrogens with zero attached hydrogens (tertiary/aromatic N) is 2. The van der Waals surface area contributed by atoms with Crippen molar-refractivity contribution in [1.82, 2.24) is 4.57 Å². The molecule has 1 aromatic heterocycles. The summed E-state index contributed by atoms with van der Waals surface area (Å²) in [5.41, 5.74) is 13.4. The van der Waals surface area contributed by atoms with E-state index in [1.807, 2.05) is 0 Å². The molecule has 1 aliphatic rings. The van der Waals surface area contributed by atoms with Gasteiger partial charge in [0.2, 0.25) is 0 Å². The van der Waals surface area contributed by atoms with Crippen LogP contribution in [0.25, 0.3) is 71.3 Å². The van der Waals surface area contributed by atoms with E-state index in [0.717, 1.165) is 22.7 Å². The van der Waals surface area contributed by atoms with E-state index in [4.69, 9.17) is 0 Å². The fourth-order valence-electron chi connectivity index (χ4n) is 9.80. The number of hydrogen-bond acceptors (Lipinski definition) is 1. The van der Waals surface area contributed by atoms with E-state index in [-0.39, 0.29) is 0 Å². The molecule has 0 N–H and O–H groups in total. The Hall–Kier alpha value is -6.90. The van der Waals surface area contributed by atoms with Crippen molar-refractivity contribution in [2.24, 2.45) is 0 Å². The van der Waals surface area contributed by atoms with Crippen molar-refractivity contribution >= 4 is 60.4 Å². The molecule has 9 aromatic carbocycles. The molecule has 0 atom stereocenters. The first-order valence-electron chi connectivity index (χ1n) is 20.9. The highest BCUT2D eigenvalue weighted by Gasteiger charge is 2.24. The Morgan fingerprint density at radius 3 is 1.93 bits per heavy atom. The maximum atomic E-state index is 2.48. The SMILES string of the molecule is c1ccc(-n2c3ccccc3c3ccc(N(c4ccc(-c5ccc6ccccc6c5)cc4)c4ccccc4-c4cccc5cccc(C6CCCCC6)c45)cc32)cc1. The minimum Gasteiger partial charge on any atom is -0.310 e. The molecule has 0 radical (unpaired) electrons. The normalized spacial score (nSPS) is 13.4. The lowest BCUT2D eigenvalue weighted by atomic mass is 9.80. The Balaban J connectivity index is 1.13. The van der Waals surface area contributed by atoms with Crippen molar-refractivity contribution in [3.63, 3.8) is 0 Å². The lowest BCUT2D eigenvalue weighted by molar-refractivity contribution is 0.445. The van der Waals surface area contributed by atoms with Gasteiger partial charge in [0.1, 0.15) is 0 Å². The number of rotatable bonds is 7. The fraction of sp³-hybridized carbons (Fsp3) is 0.107. The third-order valence-corrected chi connectivity index (χ3v) is 12.6. The molecule has 0 bridgehead atoms. The highest BCUT2D eigenvalue weighted by Crippen LogP contribution is 2.47. The van der Waals surface area contributed by atoms with Gasteiger partial charge in [0.25, 0.3) is 0 Å². The topological polar surface area (TPSA) is 8.17 Å². The molecule has 0 amide bonds. The minimum absolute atomic E-state index is 0.590. The molecule has 1 saturated carbocycles. The van der Waals surface area contributed by atoms with Crippen molar-refractivity contribution in [3.8, 4) is 27.9 Å². The first kappa shape index (κ1) is 34.4. The van der Waals surface area contributed by atoms with Crippen LogP contribution in [0.4, 0.5) is 17.1 Å². The Morgan fingerprint density at radius 1 is 0.414 bits per heavy atom. The zero-order valence-corrected chi connectivity index (χ0v) is 32.6. The predicted molar refractivity (Wildman–Crippen MR) is 247 cm³/mol. The summed E-state index contributed by atoms with van der Waals surface area (Å²) in [5, 5.41) is 7.73. The lowest BCUT2D eigenvalue weighted by Gasteiger charge is -2.29. The van der Waals surface area contributed by atoms with Crippen LogP contribution in [-0.2, 0) is 0 Å². The minimum atomic E-state index is 0.590. The summed E-state index contributed by atoms with van der Waals surface area (Å²) >= 11 is 0. The summed E-state index contributed by atoms with van der Waals surface area (Å²) in [6.07, 6.45) is 6.50. The van der Waals surface area contributed by atoms with E-state index in [1.54, 1.807) is 0 Å². The van der Waals surface area contributed by atoms with Crippen molar-refractivity contribution in [3.05, 3.63) is 206 Å². The highest BCUT2D eigenvalue weighted by molar-refractivity contribution is 6.11. The highest BCUT2D eigenvalue weighted by atomic mass is 15.1. The Bertz CT molecular complexity index is 3090. The molecular formula is C56H44N2. The molecule has 1 fully saturated rings. The van der Waals surface area contributed by atoms with Gasteiger partial charge in [-0.25, -0.2) is 0 Å². The van der Waals surface area contributed by atoms with Crippen LogP contribution in [0, 0.1) is 0 Å². The van der Waals surface area contributed by atoms with Crippen LogP contribution in [0.3, 0.4) is 0 Å². The summed E-state index contributed by atoms with van der Waals surface area (Å²) in [6, 6.07) is 74.1. The molecule has 1 heterocycles. The number of fused-ring (bicyclic) bond motifs is 5. The van der Waals surface area contributed by atoms with Gasteiger partial charge in [-0.05, 0) is 117 Å². The molecule has 10 aromatic rings. The van der Waals surface area contributed by atoms with Gasteiger partial charge in [0.05, 0.1) is 16.7 Å². The van der Waals surface area contributed by atoms with Crippen LogP contribution in [0.5, 0.6) is 0 Å². The third-order valence-electron chi connectivity index (χ3n) is 12.6. The fourth-order valence-corrected chi connectivity index (χ4v) is 9.80. The molecule has 2 nitrogen and oxygen atoms in total. The van der Waals surface area contributed by atoms with Crippen LogP contribution < -0.4 is 4.90 Å². The van der Waals surface area contributed by atoms with Gasteiger partial charge in [-0.15, -0.1) is 0 Å².